The Labute approximate surface area is 352 Å². The Bertz CT molecular complexity index is 2250. The first kappa shape index (κ1) is 39.4. The smallest absolute Gasteiger partial charge is 0.410 e. The van der Waals surface area contributed by atoms with Gasteiger partial charge >= 0.3 is 12.1 Å². The predicted molar refractivity (Wildman–Crippen MR) is 228 cm³/mol. The summed E-state index contributed by atoms with van der Waals surface area (Å²) >= 11 is 0. The number of aromatic nitrogens is 6. The van der Waals surface area contributed by atoms with Crippen LogP contribution in [0.4, 0.5) is 44.5 Å². The molecule has 1 aromatic carbocycles. The van der Waals surface area contributed by atoms with E-state index in [4.69, 9.17) is 10.5 Å². The predicted octanol–water partition coefficient (Wildman–Crippen LogP) is 6.21. The molecule has 6 aliphatic rings. The molecule has 4 bridgehead atoms. The first-order valence-corrected chi connectivity index (χ1v) is 20.8. The summed E-state index contributed by atoms with van der Waals surface area (Å²) in [6, 6.07) is 19.6. The fraction of sp³-hybridized carbons (Fsp3) is 0.364. The van der Waals surface area contributed by atoms with Crippen molar-refractivity contribution in [3.05, 3.63) is 103 Å². The lowest BCUT2D eigenvalue weighted by Gasteiger charge is -2.35. The minimum Gasteiger partial charge on any atom is -0.410 e. The van der Waals surface area contributed by atoms with Crippen LogP contribution < -0.4 is 35.4 Å². The number of nitrogens with zero attached hydrogens (tertiary/aromatic N) is 10. The fourth-order valence-electron chi connectivity index (χ4n) is 8.07. The Morgan fingerprint density at radius 2 is 1.13 bits per heavy atom. The van der Waals surface area contributed by atoms with Crippen LogP contribution in [0.25, 0.3) is 0 Å². The number of ether oxygens (including phenoxy) is 1. The number of anilines is 6. The maximum atomic E-state index is 13.0. The maximum Gasteiger partial charge on any atom is 0.421 e. The molecular formula is C44H46N12O5. The quantitative estimate of drug-likeness (QED) is 0.167. The normalized spacial score (nSPS) is 19.0. The van der Waals surface area contributed by atoms with Gasteiger partial charge in [-0.2, -0.15) is 0 Å². The lowest BCUT2D eigenvalue weighted by Crippen LogP contribution is -2.48. The number of hydrogen-bond acceptors (Lipinski definition) is 14. The molecule has 61 heavy (non-hydrogen) atoms. The highest BCUT2D eigenvalue weighted by atomic mass is 16.6. The second kappa shape index (κ2) is 17.3. The number of ketones is 2. The molecular weight excluding hydrogens is 777 g/mol. The Balaban J connectivity index is 0.000000135. The number of urea groups is 1. The summed E-state index contributed by atoms with van der Waals surface area (Å²) in [5, 5.41) is 2.75. The number of nitrogens with one attached hydrogen (secondary N) is 1. The third-order valence-electron chi connectivity index (χ3n) is 11.6. The van der Waals surface area contributed by atoms with Crippen molar-refractivity contribution in [3.8, 4) is 5.75 Å². The number of Topliss-reactive ketones (excluding diaryl/α,β-unsaturated/α-hetero) is 2. The summed E-state index contributed by atoms with van der Waals surface area (Å²) in [5.74, 6) is 3.31. The number of benzene rings is 1. The molecule has 2 saturated heterocycles. The molecule has 0 unspecified atom stereocenters. The number of nitrogen functional groups attached to an aromatic ring is 1. The van der Waals surface area contributed by atoms with Gasteiger partial charge in [0.1, 0.15) is 17.1 Å². The van der Waals surface area contributed by atoms with Gasteiger partial charge in [0, 0.05) is 63.8 Å². The molecule has 11 rings (SSSR count). The lowest BCUT2D eigenvalue weighted by atomic mass is 10.1. The van der Waals surface area contributed by atoms with Gasteiger partial charge in [0.25, 0.3) is 0 Å². The van der Waals surface area contributed by atoms with Crippen molar-refractivity contribution in [2.75, 3.05) is 56.8 Å². The van der Waals surface area contributed by atoms with Gasteiger partial charge in [-0.15, -0.1) is 0 Å². The van der Waals surface area contributed by atoms with E-state index in [1.165, 1.54) is 0 Å². The Kier molecular flexibility index (Phi) is 11.2. The number of pyridine rings is 2. The van der Waals surface area contributed by atoms with Crippen molar-refractivity contribution in [2.24, 2.45) is 11.8 Å². The molecule has 312 valence electrons. The molecule has 17 nitrogen and oxygen atoms in total. The summed E-state index contributed by atoms with van der Waals surface area (Å²) in [6.07, 6.45) is 13.2. The average molecular weight is 823 g/mol. The number of carbonyl (C=O) groups is 4. The zero-order valence-electron chi connectivity index (χ0n) is 33.5. The van der Waals surface area contributed by atoms with E-state index in [1.54, 1.807) is 71.0 Å². The molecule has 17 heteroatoms. The summed E-state index contributed by atoms with van der Waals surface area (Å²) in [6.45, 7) is 3.30. The lowest BCUT2D eigenvalue weighted by molar-refractivity contribution is 0.0963. The fourth-order valence-corrected chi connectivity index (χ4v) is 8.07. The zero-order valence-corrected chi connectivity index (χ0v) is 33.5. The first-order chi connectivity index (χ1) is 29.8. The van der Waals surface area contributed by atoms with E-state index in [-0.39, 0.29) is 35.6 Å². The van der Waals surface area contributed by atoms with E-state index in [0.29, 0.717) is 59.4 Å². The largest absolute Gasteiger partial charge is 0.421 e. The summed E-state index contributed by atoms with van der Waals surface area (Å²) in [5.41, 5.74) is 7.82. The third kappa shape index (κ3) is 9.10. The monoisotopic (exact) mass is 822 g/mol. The van der Waals surface area contributed by atoms with Crippen LogP contribution >= 0.6 is 0 Å². The molecule has 5 aromatic rings. The first-order valence-electron chi connectivity index (χ1n) is 20.8. The van der Waals surface area contributed by atoms with E-state index in [0.717, 1.165) is 76.1 Å². The van der Waals surface area contributed by atoms with Gasteiger partial charge < -0.3 is 20.3 Å². The molecule has 8 heterocycles. The summed E-state index contributed by atoms with van der Waals surface area (Å²) < 4.78 is 5.58. The standard InChI is InChI=1S/C21H21N3O3.C19H20N6O2.C4H5N3/c25-19(12-14-6-7-14)17-8-9-18-20(22-17)24(15-10-11-23(18)13-15)21(26)27-16-4-2-1-3-5-16;26-16(10-12-2-3-12)14-4-5-15-17(22-14)25(13-6-9-24(15)11-13)19(27)23-18-20-7-1-8-21-18;5-4-6-2-1-3-7-4/h1-5,8-9,14-15H,6-7,10-13H2;1,4-5,7-8,12-13H,2-3,6,9-11H2,(H,20,21,23,27);1-3H,(H2,5,6,7)/t15-;13-;/m00./s1. The highest BCUT2D eigenvalue weighted by Gasteiger charge is 2.43. The second-order valence-corrected chi connectivity index (χ2v) is 16.0. The van der Waals surface area contributed by atoms with Crippen LogP contribution in [0.2, 0.25) is 0 Å². The molecule has 4 aromatic heterocycles. The molecule has 4 fully saturated rings. The molecule has 0 spiro atoms. The molecule has 2 saturated carbocycles. The number of rotatable bonds is 8. The van der Waals surface area contributed by atoms with Crippen molar-refractivity contribution >= 4 is 58.6 Å². The van der Waals surface area contributed by atoms with Gasteiger partial charge in [-0.25, -0.2) is 39.5 Å². The van der Waals surface area contributed by atoms with Crippen LogP contribution in [0.1, 0.15) is 72.3 Å². The van der Waals surface area contributed by atoms with Gasteiger partial charge in [0.2, 0.25) is 11.9 Å². The Hall–Kier alpha value is -7.04. The van der Waals surface area contributed by atoms with E-state index in [2.05, 4.69) is 45.0 Å². The van der Waals surface area contributed by atoms with Gasteiger partial charge in [-0.05, 0) is 98.9 Å². The summed E-state index contributed by atoms with van der Waals surface area (Å²) in [4.78, 5) is 83.4. The van der Waals surface area contributed by atoms with Crippen LogP contribution in [0, 0.1) is 11.8 Å². The highest BCUT2D eigenvalue weighted by molar-refractivity contribution is 6.05. The van der Waals surface area contributed by atoms with Crippen molar-refractivity contribution in [1.82, 2.24) is 29.9 Å². The second-order valence-electron chi connectivity index (χ2n) is 16.0. The maximum absolute atomic E-state index is 13.0. The highest BCUT2D eigenvalue weighted by Crippen LogP contribution is 2.42. The van der Waals surface area contributed by atoms with Crippen LogP contribution in [-0.4, -0.2) is 91.9 Å². The summed E-state index contributed by atoms with van der Waals surface area (Å²) in [7, 11) is 0. The topological polar surface area (TPSA) is 206 Å². The zero-order chi connectivity index (χ0) is 41.9. The van der Waals surface area contributed by atoms with Gasteiger partial charge in [-0.3, -0.25) is 24.7 Å². The van der Waals surface area contributed by atoms with E-state index in [1.807, 2.05) is 30.3 Å². The average Bonchev–Trinajstić information content (AvgIpc) is 4.20. The van der Waals surface area contributed by atoms with Crippen LogP contribution in [0.15, 0.2) is 91.5 Å². The van der Waals surface area contributed by atoms with Gasteiger partial charge in [0.05, 0.1) is 23.5 Å². The number of carbonyl (C=O) groups excluding carboxylic acids is 4. The number of amides is 3. The van der Waals surface area contributed by atoms with Crippen molar-refractivity contribution in [2.45, 2.75) is 63.5 Å². The van der Waals surface area contributed by atoms with Gasteiger partial charge in [-0.1, -0.05) is 18.2 Å². The van der Waals surface area contributed by atoms with Crippen LogP contribution in [-0.2, 0) is 0 Å². The number of fused-ring (bicyclic) bond motifs is 8. The van der Waals surface area contributed by atoms with Gasteiger partial charge in [0.15, 0.2) is 23.2 Å². The van der Waals surface area contributed by atoms with E-state index >= 15 is 0 Å². The molecule has 2 aliphatic carbocycles. The number of nitrogens with two attached hydrogens (primary N) is 1. The van der Waals surface area contributed by atoms with Crippen LogP contribution in [0.5, 0.6) is 5.75 Å². The Morgan fingerprint density at radius 3 is 1.64 bits per heavy atom. The molecule has 3 N–H and O–H groups in total. The number of para-hydroxylation sites is 1. The van der Waals surface area contributed by atoms with E-state index in [9.17, 15) is 19.2 Å². The van der Waals surface area contributed by atoms with Crippen molar-refractivity contribution in [1.29, 1.82) is 0 Å². The van der Waals surface area contributed by atoms with Crippen molar-refractivity contribution < 1.29 is 23.9 Å². The third-order valence-corrected chi connectivity index (χ3v) is 11.6. The van der Waals surface area contributed by atoms with Crippen LogP contribution in [0.3, 0.4) is 0 Å². The van der Waals surface area contributed by atoms with E-state index < -0.39 is 6.09 Å². The molecule has 4 aliphatic heterocycles. The van der Waals surface area contributed by atoms with Crippen molar-refractivity contribution in [3.63, 3.8) is 0 Å². The Morgan fingerprint density at radius 1 is 0.623 bits per heavy atom. The molecule has 2 atom stereocenters. The minimum absolute atomic E-state index is 0.0231. The minimum atomic E-state index is -0.437. The SMILES string of the molecule is Nc1ncccn1.O=C(CC1CC1)c1ccc2c(n1)N(C(=O)Nc1ncccn1)[C@H]1CCN2C1.O=C(CC1CC1)c1ccc2c(n1)N(C(=O)Oc1ccccc1)[C@H]1CCN2C1. The molecule has 0 radical (unpaired) electrons. The number of hydrogen-bond donors (Lipinski definition) is 2. The molecule has 3 amide bonds.